The Labute approximate surface area is 147 Å². The van der Waals surface area contributed by atoms with E-state index in [2.05, 4.69) is 10.9 Å². The van der Waals surface area contributed by atoms with Crippen LogP contribution in [0.1, 0.15) is 13.8 Å². The average molecular weight is 348 g/mol. The average Bonchev–Trinajstić information content (AvgIpc) is 2.55. The molecule has 0 saturated heterocycles. The third-order valence-corrected chi connectivity index (χ3v) is 3.50. The Morgan fingerprint density at radius 2 is 1.80 bits per heavy atom. The highest BCUT2D eigenvalue weighted by Gasteiger charge is 2.11. The monoisotopic (exact) mass is 348 g/mol. The number of halogens is 1. The number of hydrogen-bond acceptors (Lipinski definition) is 6. The second-order valence-corrected chi connectivity index (χ2v) is 6.07. The fourth-order valence-electron chi connectivity index (χ4n) is 2.22. The zero-order chi connectivity index (χ0) is 18.6. The van der Waals surface area contributed by atoms with Crippen LogP contribution in [-0.4, -0.2) is 27.3 Å². The van der Waals surface area contributed by atoms with Crippen molar-refractivity contribution in [3.8, 4) is 11.5 Å². The van der Waals surface area contributed by atoms with Gasteiger partial charge in [0.05, 0.1) is 24.6 Å². The van der Waals surface area contributed by atoms with Crippen molar-refractivity contribution < 1.29 is 13.9 Å². The summed E-state index contributed by atoms with van der Waals surface area (Å²) in [7, 11) is 5.36. The lowest BCUT2D eigenvalue weighted by Crippen LogP contribution is -2.14. The van der Waals surface area contributed by atoms with E-state index in [4.69, 9.17) is 15.2 Å². The molecule has 0 unspecified atom stereocenters. The number of nitrogen functional groups attached to an aromatic ring is 1. The minimum absolute atomic E-state index is 0.0204. The molecule has 0 heterocycles. The first-order valence-electron chi connectivity index (χ1n) is 7.95. The van der Waals surface area contributed by atoms with E-state index >= 15 is 0 Å². The van der Waals surface area contributed by atoms with Crippen LogP contribution in [0.2, 0.25) is 0 Å². The molecule has 136 valence electrons. The van der Waals surface area contributed by atoms with Crippen LogP contribution in [-0.2, 0) is 0 Å². The van der Waals surface area contributed by atoms with Gasteiger partial charge in [-0.05, 0) is 26.0 Å². The standard InChI is InChI=1S/C18H25FN4O2/c1-11(2)25-16-10-13(23(3)4)6-7-15(16)22-21-12-8-14(19)18(20)17(9-12)24-5/h6-11,21-22H,20H2,1-5H3. The summed E-state index contributed by atoms with van der Waals surface area (Å²) in [6.45, 7) is 3.92. The third-order valence-electron chi connectivity index (χ3n) is 3.50. The van der Waals surface area contributed by atoms with Crippen molar-refractivity contribution in [3.63, 3.8) is 0 Å². The second kappa shape index (κ2) is 7.83. The first kappa shape index (κ1) is 18.5. The number of nitrogens with one attached hydrogen (secondary N) is 2. The van der Waals surface area contributed by atoms with Gasteiger partial charge in [0.15, 0.2) is 5.82 Å². The highest BCUT2D eigenvalue weighted by Crippen LogP contribution is 2.32. The number of rotatable bonds is 7. The predicted octanol–water partition coefficient (Wildman–Crippen LogP) is 3.71. The molecule has 4 N–H and O–H groups in total. The van der Waals surface area contributed by atoms with E-state index in [1.54, 1.807) is 6.07 Å². The summed E-state index contributed by atoms with van der Waals surface area (Å²) < 4.78 is 24.8. The van der Waals surface area contributed by atoms with E-state index in [1.165, 1.54) is 13.2 Å². The molecule has 0 aliphatic heterocycles. The van der Waals surface area contributed by atoms with E-state index in [-0.39, 0.29) is 17.5 Å². The van der Waals surface area contributed by atoms with Crippen LogP contribution in [0.25, 0.3) is 0 Å². The number of methoxy groups -OCH3 is 1. The number of nitrogens with two attached hydrogens (primary N) is 1. The van der Waals surface area contributed by atoms with Gasteiger partial charge in [-0.2, -0.15) is 0 Å². The van der Waals surface area contributed by atoms with Crippen molar-refractivity contribution in [2.45, 2.75) is 20.0 Å². The molecule has 2 rings (SSSR count). The second-order valence-electron chi connectivity index (χ2n) is 6.07. The van der Waals surface area contributed by atoms with Gasteiger partial charge in [0, 0.05) is 38.0 Å². The van der Waals surface area contributed by atoms with Crippen LogP contribution in [0.15, 0.2) is 30.3 Å². The summed E-state index contributed by atoms with van der Waals surface area (Å²) in [6, 6.07) is 8.70. The Morgan fingerprint density at radius 1 is 1.08 bits per heavy atom. The Hall–Kier alpha value is -2.83. The lowest BCUT2D eigenvalue weighted by Gasteiger charge is -2.20. The van der Waals surface area contributed by atoms with Crippen molar-refractivity contribution in [3.05, 3.63) is 36.1 Å². The van der Waals surface area contributed by atoms with Crippen LogP contribution >= 0.6 is 0 Å². The van der Waals surface area contributed by atoms with Crippen molar-refractivity contribution in [2.24, 2.45) is 0 Å². The molecule has 0 aliphatic rings. The molecule has 0 amide bonds. The molecular formula is C18H25FN4O2. The van der Waals surface area contributed by atoms with Crippen molar-refractivity contribution in [1.82, 2.24) is 0 Å². The minimum Gasteiger partial charge on any atom is -0.494 e. The van der Waals surface area contributed by atoms with E-state index < -0.39 is 5.82 Å². The molecule has 0 fully saturated rings. The van der Waals surface area contributed by atoms with E-state index in [9.17, 15) is 4.39 Å². The van der Waals surface area contributed by atoms with Crippen molar-refractivity contribution >= 4 is 22.7 Å². The highest BCUT2D eigenvalue weighted by atomic mass is 19.1. The summed E-state index contributed by atoms with van der Waals surface area (Å²) in [4.78, 5) is 1.99. The summed E-state index contributed by atoms with van der Waals surface area (Å²) >= 11 is 0. The maximum absolute atomic E-state index is 13.8. The molecule has 0 saturated carbocycles. The minimum atomic E-state index is -0.551. The lowest BCUT2D eigenvalue weighted by atomic mass is 10.2. The summed E-state index contributed by atoms with van der Waals surface area (Å²) in [6.07, 6.45) is 0.0204. The third kappa shape index (κ3) is 4.59. The molecule has 0 aliphatic carbocycles. The molecule has 0 bridgehead atoms. The molecule has 2 aromatic carbocycles. The van der Waals surface area contributed by atoms with Crippen molar-refractivity contribution in [2.75, 3.05) is 42.7 Å². The fraction of sp³-hybridized carbons (Fsp3) is 0.333. The van der Waals surface area contributed by atoms with Gasteiger partial charge in [0.1, 0.15) is 17.2 Å². The lowest BCUT2D eigenvalue weighted by molar-refractivity contribution is 0.244. The zero-order valence-corrected chi connectivity index (χ0v) is 15.2. The molecule has 25 heavy (non-hydrogen) atoms. The predicted molar refractivity (Wildman–Crippen MR) is 101 cm³/mol. The molecule has 0 aromatic heterocycles. The van der Waals surface area contributed by atoms with Gasteiger partial charge in [-0.15, -0.1) is 0 Å². The zero-order valence-electron chi connectivity index (χ0n) is 15.2. The van der Waals surface area contributed by atoms with Gasteiger partial charge >= 0.3 is 0 Å². The van der Waals surface area contributed by atoms with E-state index in [0.717, 1.165) is 11.4 Å². The SMILES string of the molecule is COc1cc(NNc2ccc(N(C)C)cc2OC(C)C)cc(F)c1N. The molecule has 7 heteroatoms. The number of benzene rings is 2. The molecular weight excluding hydrogens is 323 g/mol. The van der Waals surface area contributed by atoms with Gasteiger partial charge in [-0.25, -0.2) is 4.39 Å². The van der Waals surface area contributed by atoms with Gasteiger partial charge < -0.3 is 25.5 Å². The molecule has 0 spiro atoms. The van der Waals surface area contributed by atoms with Crippen LogP contribution in [0.4, 0.5) is 27.1 Å². The number of hydrazine groups is 1. The Bertz CT molecular complexity index is 735. The fourth-order valence-corrected chi connectivity index (χ4v) is 2.22. The summed E-state index contributed by atoms with van der Waals surface area (Å²) in [5.74, 6) is 0.410. The maximum atomic E-state index is 13.8. The number of anilines is 4. The van der Waals surface area contributed by atoms with E-state index in [1.807, 2.05) is 51.0 Å². The topological polar surface area (TPSA) is 71.8 Å². The van der Waals surface area contributed by atoms with Gasteiger partial charge in [-0.3, -0.25) is 5.43 Å². The first-order chi connectivity index (χ1) is 11.8. The molecule has 2 aromatic rings. The van der Waals surface area contributed by atoms with Crippen LogP contribution in [0.5, 0.6) is 11.5 Å². The Morgan fingerprint density at radius 3 is 2.40 bits per heavy atom. The number of ether oxygens (including phenoxy) is 2. The normalized spacial score (nSPS) is 10.5. The maximum Gasteiger partial charge on any atom is 0.152 e. The van der Waals surface area contributed by atoms with Gasteiger partial charge in [-0.1, -0.05) is 0 Å². The van der Waals surface area contributed by atoms with Crippen LogP contribution in [0, 0.1) is 5.82 Å². The first-order valence-corrected chi connectivity index (χ1v) is 7.95. The summed E-state index contributed by atoms with van der Waals surface area (Å²) in [5, 5.41) is 0. The molecule has 0 radical (unpaired) electrons. The molecule has 0 atom stereocenters. The van der Waals surface area contributed by atoms with Crippen molar-refractivity contribution in [1.29, 1.82) is 0 Å². The quantitative estimate of drug-likeness (QED) is 0.523. The molecule has 6 nitrogen and oxygen atoms in total. The summed E-state index contributed by atoms with van der Waals surface area (Å²) in [5.41, 5.74) is 13.8. The van der Waals surface area contributed by atoms with Crippen LogP contribution < -0.4 is 31.0 Å². The van der Waals surface area contributed by atoms with Gasteiger partial charge in [0.2, 0.25) is 0 Å². The van der Waals surface area contributed by atoms with Crippen LogP contribution in [0.3, 0.4) is 0 Å². The van der Waals surface area contributed by atoms with E-state index in [0.29, 0.717) is 11.4 Å². The smallest absolute Gasteiger partial charge is 0.152 e. The highest BCUT2D eigenvalue weighted by molar-refractivity contribution is 5.68. The Kier molecular flexibility index (Phi) is 5.80. The van der Waals surface area contributed by atoms with Gasteiger partial charge in [0.25, 0.3) is 0 Å². The Balaban J connectivity index is 2.23. The number of hydrogen-bond donors (Lipinski definition) is 3. The largest absolute Gasteiger partial charge is 0.494 e. The number of nitrogens with zero attached hydrogens (tertiary/aromatic N) is 1.